The van der Waals surface area contributed by atoms with Gasteiger partial charge in [-0.05, 0) is 149 Å². The Morgan fingerprint density at radius 3 is 1.06 bits per heavy atom. The Morgan fingerprint density at radius 1 is 0.270 bits per heavy atom. The molecule has 16 rings (SSSR count). The second kappa shape index (κ2) is 26.7. The molecular formula is C90H56N8Si2. The normalized spacial score (nSPS) is 11.1. The van der Waals surface area contributed by atoms with Gasteiger partial charge in [-0.25, -0.2) is 9.69 Å². The highest BCUT2D eigenvalue weighted by Crippen LogP contribution is 2.41. The highest BCUT2D eigenvalue weighted by Gasteiger charge is 2.43. The van der Waals surface area contributed by atoms with Gasteiger partial charge in [0.15, 0.2) is 21.8 Å². The minimum Gasteiger partial charge on any atom is -0.319 e. The molecular weight excluding hydrogens is 1250 g/mol. The van der Waals surface area contributed by atoms with Crippen LogP contribution in [0.5, 0.6) is 0 Å². The van der Waals surface area contributed by atoms with Crippen LogP contribution in [-0.2, 0) is 0 Å². The molecule has 0 saturated heterocycles. The van der Waals surface area contributed by atoms with Gasteiger partial charge in [-0.15, -0.1) is 0 Å². The number of fused-ring (bicyclic) bond motifs is 6. The lowest BCUT2D eigenvalue weighted by molar-refractivity contribution is 1.18. The molecule has 0 N–H and O–H groups in total. The van der Waals surface area contributed by atoms with Gasteiger partial charge < -0.3 is 9.13 Å². The highest BCUT2D eigenvalue weighted by molar-refractivity contribution is 7.20. The Hall–Kier alpha value is -13.9. The fraction of sp³-hybridized carbons (Fsp3) is 0. The predicted molar refractivity (Wildman–Crippen MR) is 411 cm³/mol. The summed E-state index contributed by atoms with van der Waals surface area (Å²) in [5.41, 5.74) is 11.7. The van der Waals surface area contributed by atoms with Gasteiger partial charge in [-0.3, -0.25) is 0 Å². The van der Waals surface area contributed by atoms with Crippen molar-refractivity contribution in [1.82, 2.24) is 9.13 Å². The summed E-state index contributed by atoms with van der Waals surface area (Å²) in [6.45, 7) is 16.5. The Morgan fingerprint density at radius 2 is 0.640 bits per heavy atom. The quantitative estimate of drug-likeness (QED) is 0.0688. The standard InChI is InChI=1S/2C45H28N4Si/c1-48-42-29-33(22-26-45(42)49-43-20-12-11-19-40(43)41-27-32(30-46)21-25-44(41)49)39-24-23-38(28-34(39)31-47)50(35-13-5-2-6-14-35,36-15-7-3-8-16-36)37-17-9-4-10-18-37;1-48-43-29-34(49-44-20-12-11-19-41(44)42-27-32(30-46)21-26-45(42)49)22-24-40(43)39-25-23-38(28-33(39)31-47)50(35-13-5-2-6-14-35,36-15-7-3-8-16-36)37-17-9-4-10-18-37/h2*2-29H. The van der Waals surface area contributed by atoms with Gasteiger partial charge >= 0.3 is 0 Å². The fourth-order valence-electron chi connectivity index (χ4n) is 14.9. The lowest BCUT2D eigenvalue weighted by atomic mass is 9.98. The Kier molecular flexibility index (Phi) is 16.6. The fourth-order valence-corrected chi connectivity index (χ4v) is 24.5. The van der Waals surface area contributed by atoms with E-state index in [-0.39, 0.29) is 0 Å². The molecule has 0 atom stereocenters. The summed E-state index contributed by atoms with van der Waals surface area (Å²) in [6, 6.07) is 125. The summed E-state index contributed by atoms with van der Waals surface area (Å²) in [4.78, 5) is 7.98. The summed E-state index contributed by atoms with van der Waals surface area (Å²) in [6.07, 6.45) is 0. The van der Waals surface area contributed by atoms with Gasteiger partial charge in [-0.2, -0.15) is 21.0 Å². The van der Waals surface area contributed by atoms with Crippen molar-refractivity contribution < 1.29 is 0 Å². The van der Waals surface area contributed by atoms with Crippen LogP contribution in [-0.4, -0.2) is 25.3 Å². The molecule has 0 unspecified atom stereocenters. The first kappa shape index (κ1) is 62.2. The topological polar surface area (TPSA) is 114 Å². The van der Waals surface area contributed by atoms with E-state index in [1.54, 1.807) is 0 Å². The zero-order valence-corrected chi connectivity index (χ0v) is 55.9. The lowest BCUT2D eigenvalue weighted by Crippen LogP contribution is -2.74. The molecule has 0 bridgehead atoms. The van der Waals surface area contributed by atoms with Gasteiger partial charge in [0.2, 0.25) is 5.69 Å². The van der Waals surface area contributed by atoms with E-state index in [0.717, 1.165) is 82.1 Å². The van der Waals surface area contributed by atoms with Crippen LogP contribution < -0.4 is 41.5 Å². The van der Waals surface area contributed by atoms with Crippen LogP contribution in [0.1, 0.15) is 22.3 Å². The minimum absolute atomic E-state index is 0.462. The first-order chi connectivity index (χ1) is 49.3. The van der Waals surface area contributed by atoms with Crippen molar-refractivity contribution >= 4 is 113 Å². The van der Waals surface area contributed by atoms with Crippen molar-refractivity contribution in [3.63, 3.8) is 0 Å². The van der Waals surface area contributed by atoms with E-state index in [0.29, 0.717) is 39.2 Å². The van der Waals surface area contributed by atoms with Crippen molar-refractivity contribution in [2.24, 2.45) is 0 Å². The van der Waals surface area contributed by atoms with E-state index in [1.165, 1.54) is 31.1 Å². The monoisotopic (exact) mass is 1300 g/mol. The molecule has 2 heterocycles. The third-order valence-electron chi connectivity index (χ3n) is 19.3. The van der Waals surface area contributed by atoms with Gasteiger partial charge in [0.25, 0.3) is 0 Å². The third kappa shape index (κ3) is 10.6. The van der Waals surface area contributed by atoms with E-state index < -0.39 is 16.1 Å². The Balaban J connectivity index is 0.000000162. The Labute approximate surface area is 581 Å². The molecule has 0 radical (unpaired) electrons. The van der Waals surface area contributed by atoms with Crippen molar-refractivity contribution in [3.05, 3.63) is 385 Å². The van der Waals surface area contributed by atoms with Crippen molar-refractivity contribution in [1.29, 1.82) is 21.0 Å². The van der Waals surface area contributed by atoms with E-state index in [9.17, 15) is 21.0 Å². The number of nitrogens with zero attached hydrogens (tertiary/aromatic N) is 8. The van der Waals surface area contributed by atoms with Crippen LogP contribution >= 0.6 is 0 Å². The van der Waals surface area contributed by atoms with Crippen LogP contribution in [0.2, 0.25) is 0 Å². The second-order valence-corrected chi connectivity index (χ2v) is 32.1. The summed E-state index contributed by atoms with van der Waals surface area (Å²) < 4.78 is 4.23. The molecule has 0 aliphatic carbocycles. The molecule has 0 fully saturated rings. The van der Waals surface area contributed by atoms with Gasteiger partial charge in [0.05, 0.1) is 87.4 Å². The van der Waals surface area contributed by atoms with E-state index in [4.69, 9.17) is 13.1 Å². The first-order valence-electron chi connectivity index (χ1n) is 32.7. The largest absolute Gasteiger partial charge is 0.319 e. The van der Waals surface area contributed by atoms with Crippen LogP contribution in [0.25, 0.3) is 86.9 Å². The van der Waals surface area contributed by atoms with E-state index in [2.05, 4.69) is 231 Å². The number of benzene rings is 14. The molecule has 14 aromatic carbocycles. The second-order valence-electron chi connectivity index (χ2n) is 24.5. The average molecular weight is 1310 g/mol. The molecule has 8 nitrogen and oxygen atoms in total. The predicted octanol–water partition coefficient (Wildman–Crippen LogP) is 16.2. The van der Waals surface area contributed by atoms with Crippen molar-refractivity contribution in [2.45, 2.75) is 0 Å². The molecule has 0 saturated carbocycles. The van der Waals surface area contributed by atoms with E-state index in [1.807, 2.05) is 152 Å². The molecule has 464 valence electrons. The molecule has 0 aliphatic heterocycles. The number of hydrogen-bond acceptors (Lipinski definition) is 4. The third-order valence-corrected chi connectivity index (χ3v) is 28.8. The first-order valence-corrected chi connectivity index (χ1v) is 36.7. The number of rotatable bonds is 12. The molecule has 0 amide bonds. The van der Waals surface area contributed by atoms with Crippen molar-refractivity contribution in [2.75, 3.05) is 0 Å². The maximum atomic E-state index is 10.7. The highest BCUT2D eigenvalue weighted by atomic mass is 28.3. The lowest BCUT2D eigenvalue weighted by Gasteiger charge is -2.34. The number of aromatic nitrogens is 2. The molecule has 16 aromatic rings. The summed E-state index contributed by atoms with van der Waals surface area (Å²) >= 11 is 0. The van der Waals surface area contributed by atoms with Gasteiger partial charge in [-0.1, -0.05) is 255 Å². The van der Waals surface area contributed by atoms with Crippen LogP contribution in [0.4, 0.5) is 11.4 Å². The Bertz CT molecular complexity index is 5910. The van der Waals surface area contributed by atoms with Gasteiger partial charge in [0.1, 0.15) is 0 Å². The van der Waals surface area contributed by atoms with E-state index >= 15 is 0 Å². The van der Waals surface area contributed by atoms with Gasteiger partial charge in [0, 0.05) is 27.2 Å². The molecule has 0 spiro atoms. The summed E-state index contributed by atoms with van der Waals surface area (Å²) in [5, 5.41) is 54.1. The molecule has 10 heteroatoms. The molecule has 0 aliphatic rings. The average Bonchev–Trinajstić information content (AvgIpc) is 0.867. The van der Waals surface area contributed by atoms with Crippen LogP contribution in [0.3, 0.4) is 0 Å². The number of nitriles is 4. The smallest absolute Gasteiger partial charge is 0.211 e. The van der Waals surface area contributed by atoms with Crippen LogP contribution in [0.15, 0.2) is 340 Å². The molecule has 100 heavy (non-hydrogen) atoms. The maximum Gasteiger partial charge on any atom is 0.211 e. The minimum atomic E-state index is -2.83. The maximum absolute atomic E-state index is 10.7. The SMILES string of the molecule is [C-]#[N+]c1cc(-c2ccc([Si](c3ccccc3)(c3ccccc3)c3ccccc3)cc2C#N)ccc1-n1c2ccccc2c2cc(C#N)ccc21.[C-]#[N+]c1cc(-n2c3ccccc3c3cc(C#N)ccc32)ccc1-c1ccc([Si](c2ccccc2)(c2ccccc2)c2ccccc2)cc1C#N. The number of hydrogen-bond donors (Lipinski definition) is 0. The summed E-state index contributed by atoms with van der Waals surface area (Å²) in [7, 11) is -5.65. The number of para-hydroxylation sites is 2. The van der Waals surface area contributed by atoms with Crippen molar-refractivity contribution in [3.8, 4) is 57.9 Å². The summed E-state index contributed by atoms with van der Waals surface area (Å²) in [5.74, 6) is 0. The zero-order chi connectivity index (χ0) is 68.2. The van der Waals surface area contributed by atoms with Crippen LogP contribution in [0, 0.1) is 58.5 Å². The molecule has 2 aromatic heterocycles. The zero-order valence-electron chi connectivity index (χ0n) is 53.9.